The first-order valence-electron chi connectivity index (χ1n) is 7.28. The third-order valence-electron chi connectivity index (χ3n) is 3.96. The molecule has 1 fully saturated rings. The molecule has 1 aliphatic rings. The monoisotopic (exact) mass is 265 g/mol. The molecule has 1 N–H and O–H groups in total. The first kappa shape index (κ1) is 14.5. The van der Waals surface area contributed by atoms with Crippen LogP contribution in [0.25, 0.3) is 0 Å². The molecule has 1 saturated heterocycles. The SMILES string of the molecule is CCNC(CC1CCOCC1)c1cccc(C)c1F. The Morgan fingerprint density at radius 2 is 2.11 bits per heavy atom. The molecule has 0 saturated carbocycles. The predicted molar refractivity (Wildman–Crippen MR) is 75.7 cm³/mol. The smallest absolute Gasteiger partial charge is 0.130 e. The molecular formula is C16H24FNO. The van der Waals surface area contributed by atoms with Gasteiger partial charge in [0.05, 0.1) is 0 Å². The van der Waals surface area contributed by atoms with Gasteiger partial charge in [-0.15, -0.1) is 0 Å². The summed E-state index contributed by atoms with van der Waals surface area (Å²) in [6.07, 6.45) is 3.18. The van der Waals surface area contributed by atoms with Crippen LogP contribution in [0.2, 0.25) is 0 Å². The summed E-state index contributed by atoms with van der Waals surface area (Å²) in [5.74, 6) is 0.582. The molecule has 3 heteroatoms. The van der Waals surface area contributed by atoms with Gasteiger partial charge in [-0.25, -0.2) is 4.39 Å². The van der Waals surface area contributed by atoms with Gasteiger partial charge in [0, 0.05) is 24.8 Å². The molecule has 0 radical (unpaired) electrons. The summed E-state index contributed by atoms with van der Waals surface area (Å²) in [6.45, 7) is 6.46. The molecule has 0 spiro atoms. The van der Waals surface area contributed by atoms with Gasteiger partial charge in [-0.1, -0.05) is 25.1 Å². The quantitative estimate of drug-likeness (QED) is 0.878. The van der Waals surface area contributed by atoms with Crippen molar-refractivity contribution in [2.75, 3.05) is 19.8 Å². The molecule has 0 aromatic heterocycles. The molecule has 1 unspecified atom stereocenters. The Morgan fingerprint density at radius 3 is 2.79 bits per heavy atom. The van der Waals surface area contributed by atoms with Crippen LogP contribution in [-0.2, 0) is 4.74 Å². The van der Waals surface area contributed by atoms with E-state index in [4.69, 9.17) is 4.74 Å². The van der Waals surface area contributed by atoms with Crippen LogP contribution in [0.4, 0.5) is 4.39 Å². The van der Waals surface area contributed by atoms with E-state index in [1.165, 1.54) is 0 Å². The molecule has 0 bridgehead atoms. The maximum absolute atomic E-state index is 14.3. The van der Waals surface area contributed by atoms with Gasteiger partial charge in [-0.2, -0.15) is 0 Å². The molecule has 1 aliphatic heterocycles. The van der Waals surface area contributed by atoms with Crippen molar-refractivity contribution in [2.45, 2.75) is 39.2 Å². The lowest BCUT2D eigenvalue weighted by Gasteiger charge is -2.28. The Bertz CT molecular complexity index is 402. The average Bonchev–Trinajstić information content (AvgIpc) is 2.43. The van der Waals surface area contributed by atoms with E-state index in [0.717, 1.165) is 50.1 Å². The summed E-state index contributed by atoms with van der Waals surface area (Å²) in [7, 11) is 0. The average molecular weight is 265 g/mol. The van der Waals surface area contributed by atoms with Crippen LogP contribution in [0.1, 0.15) is 43.4 Å². The minimum Gasteiger partial charge on any atom is -0.381 e. The van der Waals surface area contributed by atoms with Crippen molar-refractivity contribution in [3.8, 4) is 0 Å². The van der Waals surface area contributed by atoms with Gasteiger partial charge >= 0.3 is 0 Å². The summed E-state index contributed by atoms with van der Waals surface area (Å²) in [5, 5.41) is 3.43. The topological polar surface area (TPSA) is 21.3 Å². The largest absolute Gasteiger partial charge is 0.381 e. The fraction of sp³-hybridized carbons (Fsp3) is 0.625. The zero-order valence-electron chi connectivity index (χ0n) is 11.9. The zero-order chi connectivity index (χ0) is 13.7. The number of aryl methyl sites for hydroxylation is 1. The fourth-order valence-electron chi connectivity index (χ4n) is 2.82. The van der Waals surface area contributed by atoms with E-state index in [2.05, 4.69) is 12.2 Å². The fourth-order valence-corrected chi connectivity index (χ4v) is 2.82. The maximum atomic E-state index is 14.3. The van der Waals surface area contributed by atoms with Gasteiger partial charge in [0.2, 0.25) is 0 Å². The van der Waals surface area contributed by atoms with Crippen LogP contribution in [0.5, 0.6) is 0 Å². The summed E-state index contributed by atoms with van der Waals surface area (Å²) in [4.78, 5) is 0. The van der Waals surface area contributed by atoms with E-state index < -0.39 is 0 Å². The number of nitrogens with one attached hydrogen (secondary N) is 1. The molecule has 2 rings (SSSR count). The van der Waals surface area contributed by atoms with Crippen molar-refractivity contribution in [3.05, 3.63) is 35.1 Å². The molecule has 0 amide bonds. The molecule has 19 heavy (non-hydrogen) atoms. The first-order valence-corrected chi connectivity index (χ1v) is 7.28. The van der Waals surface area contributed by atoms with Crippen molar-refractivity contribution < 1.29 is 9.13 Å². The molecule has 1 atom stereocenters. The number of ether oxygens (including phenoxy) is 1. The summed E-state index contributed by atoms with van der Waals surface area (Å²) < 4.78 is 19.7. The lowest BCUT2D eigenvalue weighted by molar-refractivity contribution is 0.0604. The normalized spacial score (nSPS) is 18.5. The number of benzene rings is 1. The van der Waals surface area contributed by atoms with Crippen LogP contribution in [0.3, 0.4) is 0 Å². The Balaban J connectivity index is 2.11. The molecule has 1 aromatic carbocycles. The van der Waals surface area contributed by atoms with E-state index in [1.807, 2.05) is 25.1 Å². The highest BCUT2D eigenvalue weighted by Gasteiger charge is 2.22. The molecule has 2 nitrogen and oxygen atoms in total. The third-order valence-corrected chi connectivity index (χ3v) is 3.96. The summed E-state index contributed by atoms with van der Waals surface area (Å²) in [6, 6.07) is 5.81. The zero-order valence-corrected chi connectivity index (χ0v) is 11.9. The Kier molecular flexibility index (Phi) is 5.34. The molecule has 1 aromatic rings. The van der Waals surface area contributed by atoms with Crippen molar-refractivity contribution in [1.29, 1.82) is 0 Å². The Morgan fingerprint density at radius 1 is 1.37 bits per heavy atom. The van der Waals surface area contributed by atoms with Gasteiger partial charge < -0.3 is 10.1 Å². The van der Waals surface area contributed by atoms with Gasteiger partial charge in [0.15, 0.2) is 0 Å². The van der Waals surface area contributed by atoms with Crippen molar-refractivity contribution in [2.24, 2.45) is 5.92 Å². The highest BCUT2D eigenvalue weighted by Crippen LogP contribution is 2.29. The van der Waals surface area contributed by atoms with Crippen molar-refractivity contribution >= 4 is 0 Å². The van der Waals surface area contributed by atoms with E-state index in [0.29, 0.717) is 5.92 Å². The molecule has 0 aliphatic carbocycles. The Hall–Kier alpha value is -0.930. The molecule has 1 heterocycles. The number of hydrogen-bond acceptors (Lipinski definition) is 2. The van der Waals surface area contributed by atoms with E-state index in [9.17, 15) is 4.39 Å². The van der Waals surface area contributed by atoms with Crippen LogP contribution in [-0.4, -0.2) is 19.8 Å². The van der Waals surface area contributed by atoms with Gasteiger partial charge in [0.1, 0.15) is 5.82 Å². The second-order valence-electron chi connectivity index (χ2n) is 5.38. The standard InChI is InChI=1S/C16H24FNO/c1-3-18-15(11-13-7-9-19-10-8-13)14-6-4-5-12(2)16(14)17/h4-6,13,15,18H,3,7-11H2,1-2H3. The van der Waals surface area contributed by atoms with Gasteiger partial charge in [0.25, 0.3) is 0 Å². The minimum absolute atomic E-state index is 0.0551. The van der Waals surface area contributed by atoms with Crippen LogP contribution in [0.15, 0.2) is 18.2 Å². The van der Waals surface area contributed by atoms with Gasteiger partial charge in [-0.3, -0.25) is 0 Å². The molecule has 106 valence electrons. The third kappa shape index (κ3) is 3.77. The number of hydrogen-bond donors (Lipinski definition) is 1. The van der Waals surface area contributed by atoms with Crippen molar-refractivity contribution in [1.82, 2.24) is 5.32 Å². The van der Waals surface area contributed by atoms with Crippen LogP contribution in [0, 0.1) is 18.7 Å². The first-order chi connectivity index (χ1) is 9.22. The van der Waals surface area contributed by atoms with Crippen LogP contribution < -0.4 is 5.32 Å². The number of rotatable bonds is 5. The van der Waals surface area contributed by atoms with E-state index >= 15 is 0 Å². The van der Waals surface area contributed by atoms with E-state index in [-0.39, 0.29) is 11.9 Å². The lowest BCUT2D eigenvalue weighted by Crippen LogP contribution is -2.27. The number of halogens is 1. The molecular weight excluding hydrogens is 241 g/mol. The second kappa shape index (κ2) is 7.01. The summed E-state index contributed by atoms with van der Waals surface area (Å²) >= 11 is 0. The van der Waals surface area contributed by atoms with E-state index in [1.54, 1.807) is 0 Å². The van der Waals surface area contributed by atoms with Crippen LogP contribution >= 0.6 is 0 Å². The summed E-state index contributed by atoms with van der Waals surface area (Å²) in [5.41, 5.74) is 1.54. The van der Waals surface area contributed by atoms with Crippen molar-refractivity contribution in [3.63, 3.8) is 0 Å². The highest BCUT2D eigenvalue weighted by molar-refractivity contribution is 5.27. The Labute approximate surface area is 115 Å². The minimum atomic E-state index is -0.0551. The highest BCUT2D eigenvalue weighted by atomic mass is 19.1. The van der Waals surface area contributed by atoms with Gasteiger partial charge in [-0.05, 0) is 44.2 Å². The second-order valence-corrected chi connectivity index (χ2v) is 5.38. The maximum Gasteiger partial charge on any atom is 0.130 e. The lowest BCUT2D eigenvalue weighted by atomic mass is 9.89. The predicted octanol–water partition coefficient (Wildman–Crippen LogP) is 3.60.